The third-order valence-corrected chi connectivity index (χ3v) is 13.0. The van der Waals surface area contributed by atoms with E-state index in [9.17, 15) is 9.59 Å². The Morgan fingerprint density at radius 2 is 1.49 bits per heavy atom. The van der Waals surface area contributed by atoms with Crippen LogP contribution >= 0.6 is 0 Å². The van der Waals surface area contributed by atoms with Gasteiger partial charge in [0.2, 0.25) is 0 Å². The topological polar surface area (TPSA) is 80.3 Å². The predicted octanol–water partition coefficient (Wildman–Crippen LogP) is 4.90. The Kier molecular flexibility index (Phi) is 13.5. The van der Waals surface area contributed by atoms with Gasteiger partial charge in [0.15, 0.2) is 0 Å². The first-order valence-electron chi connectivity index (χ1n) is 15.4. The summed E-state index contributed by atoms with van der Waals surface area (Å²) in [5.74, 6) is 5.22. The zero-order chi connectivity index (χ0) is 31.3. The van der Waals surface area contributed by atoms with Crippen LogP contribution in [-0.2, 0) is 33.0 Å². The van der Waals surface area contributed by atoms with E-state index >= 15 is 0 Å². The second-order valence-corrected chi connectivity index (χ2v) is 16.1. The highest BCUT2D eigenvalue weighted by Crippen LogP contribution is 2.42. The fraction of sp³-hybridized carbons (Fsp3) is 0.543. The minimum absolute atomic E-state index is 0.0241. The van der Waals surface area contributed by atoms with Gasteiger partial charge in [0, 0.05) is 44.8 Å². The molecule has 0 aliphatic heterocycles. The van der Waals surface area contributed by atoms with Gasteiger partial charge in [-0.15, -0.1) is 5.92 Å². The van der Waals surface area contributed by atoms with E-state index in [0.717, 1.165) is 0 Å². The molecule has 2 aromatic carbocycles. The quantitative estimate of drug-likeness (QED) is 0.131. The molecule has 1 aliphatic rings. The van der Waals surface area contributed by atoms with Crippen LogP contribution in [0.3, 0.4) is 0 Å². The number of ether oxygens (including phenoxy) is 4. The second kappa shape index (κ2) is 16.8. The van der Waals surface area contributed by atoms with Gasteiger partial charge in [-0.2, -0.15) is 0 Å². The highest BCUT2D eigenvalue weighted by atomic mass is 28.4. The lowest BCUT2D eigenvalue weighted by atomic mass is 9.91. The number of benzene rings is 2. The number of carbonyl (C=O) groups is 2. The van der Waals surface area contributed by atoms with Gasteiger partial charge >= 0.3 is 11.9 Å². The maximum atomic E-state index is 12.2. The Morgan fingerprint density at radius 1 is 0.860 bits per heavy atom. The van der Waals surface area contributed by atoms with Crippen molar-refractivity contribution in [1.82, 2.24) is 0 Å². The highest BCUT2D eigenvalue weighted by molar-refractivity contribution is 6.99. The smallest absolute Gasteiger partial charge is 0.317 e. The van der Waals surface area contributed by atoms with E-state index in [0.29, 0.717) is 45.9 Å². The molecule has 1 aliphatic carbocycles. The average molecular weight is 609 g/mol. The van der Waals surface area contributed by atoms with Crippen LogP contribution in [-0.4, -0.2) is 65.5 Å². The molecule has 3 rings (SSSR count). The van der Waals surface area contributed by atoms with E-state index in [4.69, 9.17) is 23.4 Å². The van der Waals surface area contributed by atoms with Crippen molar-refractivity contribution in [2.24, 2.45) is 11.8 Å². The van der Waals surface area contributed by atoms with Crippen molar-refractivity contribution in [3.05, 3.63) is 60.7 Å². The van der Waals surface area contributed by atoms with Gasteiger partial charge in [0.05, 0.1) is 25.9 Å². The molecule has 8 heteroatoms. The number of carbonyl (C=O) groups excluding carboxylic acids is 2. The molecule has 0 saturated heterocycles. The molecule has 1 fully saturated rings. The van der Waals surface area contributed by atoms with Gasteiger partial charge in [0.25, 0.3) is 8.32 Å². The van der Waals surface area contributed by atoms with E-state index in [1.807, 2.05) is 19.1 Å². The number of hydrogen-bond acceptors (Lipinski definition) is 7. The zero-order valence-electron chi connectivity index (χ0n) is 26.6. The lowest BCUT2D eigenvalue weighted by molar-refractivity contribution is -0.148. The minimum Gasteiger partial charge on any atom is -0.465 e. The molecule has 0 amide bonds. The summed E-state index contributed by atoms with van der Waals surface area (Å²) < 4.78 is 30.1. The lowest BCUT2D eigenvalue weighted by Crippen LogP contribution is -2.67. The first kappa shape index (κ1) is 34.5. The van der Waals surface area contributed by atoms with Gasteiger partial charge in [-0.05, 0) is 29.3 Å². The summed E-state index contributed by atoms with van der Waals surface area (Å²) in [7, 11) is -2.82. The minimum atomic E-state index is -2.82. The van der Waals surface area contributed by atoms with Crippen LogP contribution in [0.4, 0.5) is 0 Å². The Hall–Kier alpha value is -2.96. The van der Waals surface area contributed by atoms with E-state index in [-0.39, 0.29) is 47.4 Å². The van der Waals surface area contributed by atoms with Crippen LogP contribution in [0.5, 0.6) is 0 Å². The van der Waals surface area contributed by atoms with E-state index < -0.39 is 8.32 Å². The normalized spacial score (nSPS) is 20.2. The maximum Gasteiger partial charge on any atom is 0.317 e. The van der Waals surface area contributed by atoms with Crippen molar-refractivity contribution in [3.63, 3.8) is 0 Å². The molecule has 0 bridgehead atoms. The number of hydrogen-bond donors (Lipinski definition) is 0. The van der Waals surface area contributed by atoms with Crippen molar-refractivity contribution in [2.45, 2.75) is 78.1 Å². The molecule has 234 valence electrons. The first-order chi connectivity index (χ1) is 20.6. The molecule has 0 N–H and O–H groups in total. The summed E-state index contributed by atoms with van der Waals surface area (Å²) in [5.41, 5.74) is 0. The van der Waals surface area contributed by atoms with Crippen LogP contribution in [0.25, 0.3) is 0 Å². The van der Waals surface area contributed by atoms with Crippen molar-refractivity contribution in [1.29, 1.82) is 0 Å². The summed E-state index contributed by atoms with van der Waals surface area (Å²) in [6.45, 7) is 14.2. The molecule has 4 atom stereocenters. The first-order valence-corrected chi connectivity index (χ1v) is 17.3. The van der Waals surface area contributed by atoms with Crippen molar-refractivity contribution < 1.29 is 33.0 Å². The van der Waals surface area contributed by atoms with Gasteiger partial charge in [-0.1, -0.05) is 87.4 Å². The molecule has 0 spiro atoms. The maximum absolute atomic E-state index is 12.2. The Morgan fingerprint density at radius 3 is 2.02 bits per heavy atom. The van der Waals surface area contributed by atoms with Crippen molar-refractivity contribution >= 4 is 30.6 Å². The Bertz CT molecular complexity index is 1160. The molecular weight excluding hydrogens is 560 g/mol. The largest absolute Gasteiger partial charge is 0.465 e. The summed E-state index contributed by atoms with van der Waals surface area (Å²) in [4.78, 5) is 24.0. The Labute approximate surface area is 258 Å². The van der Waals surface area contributed by atoms with Crippen molar-refractivity contribution in [3.8, 4) is 11.8 Å². The van der Waals surface area contributed by atoms with E-state index in [2.05, 4.69) is 81.1 Å². The van der Waals surface area contributed by atoms with Gasteiger partial charge in [-0.3, -0.25) is 9.59 Å². The zero-order valence-corrected chi connectivity index (χ0v) is 27.6. The van der Waals surface area contributed by atoms with Crippen LogP contribution in [0.1, 0.15) is 60.8 Å². The second-order valence-electron chi connectivity index (χ2n) is 11.8. The van der Waals surface area contributed by atoms with E-state index in [1.54, 1.807) is 6.92 Å². The van der Waals surface area contributed by atoms with Gasteiger partial charge < -0.3 is 23.4 Å². The third-order valence-electron chi connectivity index (χ3n) is 7.96. The molecular formula is C35H48O7Si. The molecule has 1 saturated carbocycles. The third kappa shape index (κ3) is 9.26. The SMILES string of the molecule is CCOCCO[C@@H]1C[C@H](OC(C)=O)[C@H](CC#CCC(=O)OCC)[C@H]1CO[Si](c1ccccc1)(c1ccccc1)C(C)(C)C. The molecule has 0 heterocycles. The Balaban J connectivity index is 2.00. The fourth-order valence-electron chi connectivity index (χ4n) is 6.11. The van der Waals surface area contributed by atoms with E-state index in [1.165, 1.54) is 17.3 Å². The van der Waals surface area contributed by atoms with Crippen LogP contribution in [0.2, 0.25) is 5.04 Å². The monoisotopic (exact) mass is 608 g/mol. The van der Waals surface area contributed by atoms with Crippen LogP contribution in [0, 0.1) is 23.7 Å². The number of rotatable bonds is 14. The molecule has 2 aromatic rings. The molecule has 7 nitrogen and oxygen atoms in total. The fourth-order valence-corrected chi connectivity index (χ4v) is 10.7. The predicted molar refractivity (Wildman–Crippen MR) is 171 cm³/mol. The summed E-state index contributed by atoms with van der Waals surface area (Å²) >= 11 is 0. The number of esters is 2. The molecule has 0 aromatic heterocycles. The summed E-state index contributed by atoms with van der Waals surface area (Å²) in [6.07, 6.45) is 0.428. The van der Waals surface area contributed by atoms with Crippen LogP contribution < -0.4 is 10.4 Å². The van der Waals surface area contributed by atoms with Gasteiger partial charge in [-0.25, -0.2) is 0 Å². The highest BCUT2D eigenvalue weighted by Gasteiger charge is 2.52. The average Bonchev–Trinajstić information content (AvgIpc) is 3.29. The summed E-state index contributed by atoms with van der Waals surface area (Å²) in [6, 6.07) is 21.1. The summed E-state index contributed by atoms with van der Waals surface area (Å²) in [5, 5.41) is 2.20. The van der Waals surface area contributed by atoms with Gasteiger partial charge in [0.1, 0.15) is 12.5 Å². The lowest BCUT2D eigenvalue weighted by Gasteiger charge is -2.44. The standard InChI is InChI=1S/C35H48O7Si/c1-7-38-23-24-40-32-25-33(42-27(3)36)30(21-15-16-22-34(37)39-8-2)31(32)26-41-43(35(4,5)6,28-17-11-9-12-18-28)29-19-13-10-14-20-29/h9-14,17-20,30-33H,7-8,21-26H2,1-6H3/t30-,31-,32-,33+/m1/s1. The van der Waals surface area contributed by atoms with Crippen molar-refractivity contribution in [2.75, 3.05) is 33.0 Å². The van der Waals surface area contributed by atoms with Crippen LogP contribution in [0.15, 0.2) is 60.7 Å². The molecule has 43 heavy (non-hydrogen) atoms. The molecule has 0 radical (unpaired) electrons. The molecule has 0 unspecified atom stereocenters.